The standard InChI is InChI=1S/C21H27N3O2S/c1-25-19-8-2-5-15(13-19)22-21(27)23-16-11-17-6-3-7-18(12-16)24(17)14-20-9-4-10-26-20/h2,4-5,8-10,13,16-18H,3,6-7,11-12,14H2,1H3,(H2,22,23,27)/t17-,18-/m0/s1. The lowest BCUT2D eigenvalue weighted by molar-refractivity contribution is 0.0161. The van der Waals surface area contributed by atoms with Crippen LogP contribution in [-0.2, 0) is 6.54 Å². The molecule has 2 saturated heterocycles. The lowest BCUT2D eigenvalue weighted by atomic mass is 9.81. The fraction of sp³-hybridized carbons (Fsp3) is 0.476. The van der Waals surface area contributed by atoms with Gasteiger partial charge < -0.3 is 19.8 Å². The molecule has 5 nitrogen and oxygen atoms in total. The predicted molar refractivity (Wildman–Crippen MR) is 111 cm³/mol. The van der Waals surface area contributed by atoms with Crippen LogP contribution in [0.15, 0.2) is 47.1 Å². The fourth-order valence-electron chi connectivity index (χ4n) is 4.49. The number of benzene rings is 1. The Morgan fingerprint density at radius 2 is 2.04 bits per heavy atom. The number of methoxy groups -OCH3 is 1. The van der Waals surface area contributed by atoms with Crippen molar-refractivity contribution in [2.75, 3.05) is 12.4 Å². The number of ether oxygens (including phenoxy) is 1. The number of fused-ring (bicyclic) bond motifs is 2. The van der Waals surface area contributed by atoms with E-state index in [1.54, 1.807) is 13.4 Å². The molecule has 2 aromatic rings. The number of rotatable bonds is 5. The molecule has 6 heteroatoms. The summed E-state index contributed by atoms with van der Waals surface area (Å²) >= 11 is 5.56. The quantitative estimate of drug-likeness (QED) is 0.754. The average molecular weight is 386 g/mol. The molecule has 3 heterocycles. The lowest BCUT2D eigenvalue weighted by Gasteiger charge is -2.48. The second kappa shape index (κ2) is 8.31. The molecule has 4 rings (SSSR count). The van der Waals surface area contributed by atoms with Gasteiger partial charge in [0.05, 0.1) is 19.9 Å². The zero-order valence-corrected chi connectivity index (χ0v) is 16.5. The van der Waals surface area contributed by atoms with E-state index in [-0.39, 0.29) is 0 Å². The summed E-state index contributed by atoms with van der Waals surface area (Å²) in [6.45, 7) is 0.918. The van der Waals surface area contributed by atoms with Crippen LogP contribution >= 0.6 is 12.2 Å². The van der Waals surface area contributed by atoms with Gasteiger partial charge in [-0.1, -0.05) is 12.5 Å². The molecule has 0 unspecified atom stereocenters. The minimum absolute atomic E-state index is 0.416. The van der Waals surface area contributed by atoms with Crippen molar-refractivity contribution < 1.29 is 9.15 Å². The molecule has 2 aliphatic heterocycles. The van der Waals surface area contributed by atoms with Crippen LogP contribution in [0.4, 0.5) is 5.69 Å². The second-order valence-corrected chi connectivity index (χ2v) is 7.90. The summed E-state index contributed by atoms with van der Waals surface area (Å²) in [4.78, 5) is 2.64. The van der Waals surface area contributed by atoms with Crippen molar-refractivity contribution in [1.29, 1.82) is 0 Å². The van der Waals surface area contributed by atoms with E-state index in [1.807, 2.05) is 30.3 Å². The Labute approximate surface area is 166 Å². The van der Waals surface area contributed by atoms with Crippen molar-refractivity contribution in [2.24, 2.45) is 0 Å². The molecule has 1 aromatic heterocycles. The van der Waals surface area contributed by atoms with E-state index in [2.05, 4.69) is 21.6 Å². The smallest absolute Gasteiger partial charge is 0.170 e. The number of hydrogen-bond acceptors (Lipinski definition) is 4. The lowest BCUT2D eigenvalue weighted by Crippen LogP contribution is -2.56. The molecule has 2 atom stereocenters. The number of anilines is 1. The van der Waals surface area contributed by atoms with Gasteiger partial charge in [-0.2, -0.15) is 0 Å². The first-order chi connectivity index (χ1) is 13.2. The van der Waals surface area contributed by atoms with Crippen LogP contribution in [0, 0.1) is 0 Å². The van der Waals surface area contributed by atoms with Crippen LogP contribution in [-0.4, -0.2) is 35.2 Å². The maximum Gasteiger partial charge on any atom is 0.170 e. The maximum atomic E-state index is 5.58. The number of thiocarbonyl (C=S) groups is 1. The molecule has 0 spiro atoms. The minimum Gasteiger partial charge on any atom is -0.497 e. The highest BCUT2D eigenvalue weighted by Crippen LogP contribution is 2.35. The predicted octanol–water partition coefficient (Wildman–Crippen LogP) is 4.16. The normalized spacial score (nSPS) is 25.0. The Morgan fingerprint density at radius 1 is 1.22 bits per heavy atom. The Bertz CT molecular complexity index is 751. The van der Waals surface area contributed by atoms with Gasteiger partial charge in [-0.25, -0.2) is 0 Å². The molecule has 0 radical (unpaired) electrons. The number of nitrogens with one attached hydrogen (secondary N) is 2. The number of nitrogens with zero attached hydrogens (tertiary/aromatic N) is 1. The summed E-state index contributed by atoms with van der Waals surface area (Å²) in [6.07, 6.45) is 7.84. The maximum absolute atomic E-state index is 5.58. The van der Waals surface area contributed by atoms with E-state index < -0.39 is 0 Å². The molecule has 2 N–H and O–H groups in total. The molecule has 27 heavy (non-hydrogen) atoms. The van der Waals surface area contributed by atoms with Crippen LogP contribution in [0.5, 0.6) is 5.75 Å². The molecule has 2 aliphatic rings. The summed E-state index contributed by atoms with van der Waals surface area (Å²) in [7, 11) is 1.67. The van der Waals surface area contributed by atoms with Gasteiger partial charge in [-0.05, 0) is 62.2 Å². The Balaban J connectivity index is 1.34. The topological polar surface area (TPSA) is 49.7 Å². The Kier molecular flexibility index (Phi) is 5.64. The third-order valence-electron chi connectivity index (χ3n) is 5.71. The molecule has 1 aromatic carbocycles. The minimum atomic E-state index is 0.416. The second-order valence-electron chi connectivity index (χ2n) is 7.49. The summed E-state index contributed by atoms with van der Waals surface area (Å²) < 4.78 is 10.9. The third-order valence-corrected chi connectivity index (χ3v) is 5.93. The molecule has 2 bridgehead atoms. The van der Waals surface area contributed by atoms with E-state index in [4.69, 9.17) is 21.4 Å². The van der Waals surface area contributed by atoms with Gasteiger partial charge in [-0.15, -0.1) is 0 Å². The van der Waals surface area contributed by atoms with E-state index in [0.717, 1.165) is 36.6 Å². The SMILES string of the molecule is COc1cccc(NC(=S)NC2C[C@@H]3CCC[C@@H](C2)N3Cc2ccco2)c1. The van der Waals surface area contributed by atoms with E-state index >= 15 is 0 Å². The Morgan fingerprint density at radius 3 is 2.74 bits per heavy atom. The monoisotopic (exact) mass is 385 g/mol. The van der Waals surface area contributed by atoms with Crippen molar-refractivity contribution in [3.63, 3.8) is 0 Å². The zero-order valence-electron chi connectivity index (χ0n) is 15.7. The van der Waals surface area contributed by atoms with E-state index in [1.165, 1.54) is 19.3 Å². The number of hydrogen-bond donors (Lipinski definition) is 2. The molecule has 0 aliphatic carbocycles. The van der Waals surface area contributed by atoms with Crippen LogP contribution in [0.3, 0.4) is 0 Å². The van der Waals surface area contributed by atoms with Gasteiger partial charge in [0.1, 0.15) is 11.5 Å². The highest BCUT2D eigenvalue weighted by molar-refractivity contribution is 7.80. The Hall–Kier alpha value is -2.05. The van der Waals surface area contributed by atoms with Gasteiger partial charge in [0.2, 0.25) is 0 Å². The molecular formula is C21H27N3O2S. The number of furan rings is 1. The van der Waals surface area contributed by atoms with Crippen LogP contribution in [0.2, 0.25) is 0 Å². The molecule has 0 saturated carbocycles. The molecule has 144 valence electrons. The summed E-state index contributed by atoms with van der Waals surface area (Å²) in [5.74, 6) is 1.89. The van der Waals surface area contributed by atoms with Gasteiger partial charge in [-0.3, -0.25) is 4.90 Å². The first-order valence-electron chi connectivity index (χ1n) is 9.71. The van der Waals surface area contributed by atoms with Gasteiger partial charge >= 0.3 is 0 Å². The third kappa shape index (κ3) is 4.45. The van der Waals surface area contributed by atoms with E-state index in [9.17, 15) is 0 Å². The highest BCUT2D eigenvalue weighted by Gasteiger charge is 2.38. The van der Waals surface area contributed by atoms with Crippen molar-refractivity contribution in [3.8, 4) is 5.75 Å². The molecular weight excluding hydrogens is 358 g/mol. The van der Waals surface area contributed by atoms with Crippen molar-refractivity contribution in [3.05, 3.63) is 48.4 Å². The van der Waals surface area contributed by atoms with Crippen molar-refractivity contribution in [2.45, 2.75) is 56.8 Å². The largest absolute Gasteiger partial charge is 0.497 e. The van der Waals surface area contributed by atoms with Gasteiger partial charge in [0.25, 0.3) is 0 Å². The fourth-order valence-corrected chi connectivity index (χ4v) is 4.77. The first-order valence-corrected chi connectivity index (χ1v) is 10.1. The summed E-state index contributed by atoms with van der Waals surface area (Å²) in [5, 5.41) is 7.52. The zero-order chi connectivity index (χ0) is 18.6. The number of piperidine rings is 2. The molecule has 0 amide bonds. The van der Waals surface area contributed by atoms with Gasteiger partial charge in [0.15, 0.2) is 5.11 Å². The van der Waals surface area contributed by atoms with Crippen molar-refractivity contribution in [1.82, 2.24) is 10.2 Å². The summed E-state index contributed by atoms with van der Waals surface area (Å²) in [6, 6.07) is 13.5. The van der Waals surface area contributed by atoms with Crippen molar-refractivity contribution >= 4 is 23.0 Å². The van der Waals surface area contributed by atoms with E-state index in [0.29, 0.717) is 23.2 Å². The van der Waals surface area contributed by atoms with Crippen LogP contribution < -0.4 is 15.4 Å². The average Bonchev–Trinajstić information content (AvgIpc) is 3.15. The molecule has 2 fully saturated rings. The first kappa shape index (κ1) is 18.3. The van der Waals surface area contributed by atoms with Crippen LogP contribution in [0.25, 0.3) is 0 Å². The van der Waals surface area contributed by atoms with Crippen LogP contribution in [0.1, 0.15) is 37.9 Å². The van der Waals surface area contributed by atoms with Gasteiger partial charge in [0, 0.05) is 29.9 Å². The highest BCUT2D eigenvalue weighted by atomic mass is 32.1. The summed E-state index contributed by atoms with van der Waals surface area (Å²) in [5.41, 5.74) is 0.947.